The molecule has 0 radical (unpaired) electrons. The lowest BCUT2D eigenvalue weighted by Crippen LogP contribution is -2.46. The Morgan fingerprint density at radius 1 is 1.19 bits per heavy atom. The van der Waals surface area contributed by atoms with Gasteiger partial charge in [-0.1, -0.05) is 13.8 Å². The fourth-order valence-corrected chi connectivity index (χ4v) is 3.60. The van der Waals surface area contributed by atoms with Crippen LogP contribution < -0.4 is 15.4 Å². The SMILES string of the molecule is CCNS(=O)(=O)c1ccc(N)c(N2CCN(CC)CC2)c1. The van der Waals surface area contributed by atoms with Gasteiger partial charge in [0.15, 0.2) is 0 Å². The molecule has 0 bridgehead atoms. The molecule has 21 heavy (non-hydrogen) atoms. The summed E-state index contributed by atoms with van der Waals surface area (Å²) >= 11 is 0. The van der Waals surface area contributed by atoms with Crippen LogP contribution in [0.4, 0.5) is 11.4 Å². The summed E-state index contributed by atoms with van der Waals surface area (Å²) in [6.07, 6.45) is 0. The van der Waals surface area contributed by atoms with Gasteiger partial charge in [-0.05, 0) is 24.7 Å². The van der Waals surface area contributed by atoms with Crippen molar-refractivity contribution in [2.75, 3.05) is 49.9 Å². The number of hydrogen-bond acceptors (Lipinski definition) is 5. The van der Waals surface area contributed by atoms with E-state index in [1.807, 2.05) is 0 Å². The van der Waals surface area contributed by atoms with E-state index in [0.717, 1.165) is 38.4 Å². The van der Waals surface area contributed by atoms with Crippen molar-refractivity contribution in [2.45, 2.75) is 18.7 Å². The van der Waals surface area contributed by atoms with E-state index in [1.165, 1.54) is 0 Å². The average Bonchev–Trinajstić information content (AvgIpc) is 2.47. The number of sulfonamides is 1. The van der Waals surface area contributed by atoms with Crippen molar-refractivity contribution in [3.63, 3.8) is 0 Å². The van der Waals surface area contributed by atoms with Crippen molar-refractivity contribution in [2.24, 2.45) is 0 Å². The van der Waals surface area contributed by atoms with Gasteiger partial charge in [0.05, 0.1) is 16.3 Å². The summed E-state index contributed by atoms with van der Waals surface area (Å²) in [5.74, 6) is 0. The van der Waals surface area contributed by atoms with Crippen LogP contribution in [0.5, 0.6) is 0 Å². The number of nitrogens with one attached hydrogen (secondary N) is 1. The monoisotopic (exact) mass is 312 g/mol. The summed E-state index contributed by atoms with van der Waals surface area (Å²) in [6.45, 7) is 8.99. The smallest absolute Gasteiger partial charge is 0.240 e. The Morgan fingerprint density at radius 3 is 2.43 bits per heavy atom. The summed E-state index contributed by atoms with van der Waals surface area (Å²) in [6, 6.07) is 4.90. The molecular weight excluding hydrogens is 288 g/mol. The molecule has 1 aromatic rings. The van der Waals surface area contributed by atoms with E-state index in [2.05, 4.69) is 21.4 Å². The highest BCUT2D eigenvalue weighted by atomic mass is 32.2. The minimum atomic E-state index is -3.45. The first kappa shape index (κ1) is 16.1. The molecule has 1 aromatic carbocycles. The Bertz CT molecular complexity index is 581. The van der Waals surface area contributed by atoms with Crippen LogP contribution in [0.1, 0.15) is 13.8 Å². The van der Waals surface area contributed by atoms with E-state index in [0.29, 0.717) is 12.2 Å². The molecule has 0 saturated carbocycles. The van der Waals surface area contributed by atoms with Crippen molar-refractivity contribution < 1.29 is 8.42 Å². The van der Waals surface area contributed by atoms with Gasteiger partial charge in [-0.2, -0.15) is 0 Å². The third kappa shape index (κ3) is 3.66. The predicted molar refractivity (Wildman–Crippen MR) is 86.0 cm³/mol. The van der Waals surface area contributed by atoms with Gasteiger partial charge in [-0.15, -0.1) is 0 Å². The minimum absolute atomic E-state index is 0.270. The Hall–Kier alpha value is -1.31. The van der Waals surface area contributed by atoms with Gasteiger partial charge in [-0.3, -0.25) is 0 Å². The first-order chi connectivity index (χ1) is 9.97. The molecular formula is C14H24N4O2S. The topological polar surface area (TPSA) is 78.7 Å². The van der Waals surface area contributed by atoms with Crippen molar-refractivity contribution in [1.82, 2.24) is 9.62 Å². The molecule has 7 heteroatoms. The van der Waals surface area contributed by atoms with Gasteiger partial charge in [0.25, 0.3) is 0 Å². The van der Waals surface area contributed by atoms with E-state index in [1.54, 1.807) is 25.1 Å². The van der Waals surface area contributed by atoms with Gasteiger partial charge >= 0.3 is 0 Å². The summed E-state index contributed by atoms with van der Waals surface area (Å²) in [4.78, 5) is 4.80. The summed E-state index contributed by atoms with van der Waals surface area (Å²) in [5, 5.41) is 0. The van der Waals surface area contributed by atoms with E-state index in [4.69, 9.17) is 5.73 Å². The van der Waals surface area contributed by atoms with Gasteiger partial charge in [0, 0.05) is 32.7 Å². The second kappa shape index (κ2) is 6.64. The molecule has 0 aromatic heterocycles. The quantitative estimate of drug-likeness (QED) is 0.783. The molecule has 1 aliphatic heterocycles. The van der Waals surface area contributed by atoms with E-state index >= 15 is 0 Å². The van der Waals surface area contributed by atoms with Crippen molar-refractivity contribution >= 4 is 21.4 Å². The molecule has 2 rings (SSSR count). The van der Waals surface area contributed by atoms with Gasteiger partial charge < -0.3 is 15.5 Å². The van der Waals surface area contributed by atoms with Crippen LogP contribution in [0, 0.1) is 0 Å². The Morgan fingerprint density at radius 2 is 1.86 bits per heavy atom. The number of hydrogen-bond donors (Lipinski definition) is 2. The lowest BCUT2D eigenvalue weighted by atomic mass is 10.2. The molecule has 1 heterocycles. The second-order valence-corrected chi connectivity index (χ2v) is 6.91. The number of benzene rings is 1. The van der Waals surface area contributed by atoms with Gasteiger partial charge in [0.2, 0.25) is 10.0 Å². The summed E-state index contributed by atoms with van der Waals surface area (Å²) < 4.78 is 26.7. The van der Waals surface area contributed by atoms with Crippen LogP contribution in [-0.4, -0.2) is 52.6 Å². The maximum absolute atomic E-state index is 12.1. The highest BCUT2D eigenvalue weighted by Gasteiger charge is 2.20. The molecule has 1 aliphatic rings. The summed E-state index contributed by atoms with van der Waals surface area (Å²) in [5.41, 5.74) is 7.46. The molecule has 0 spiro atoms. The Labute approximate surface area is 127 Å². The molecule has 1 fully saturated rings. The zero-order valence-electron chi connectivity index (χ0n) is 12.7. The number of rotatable bonds is 5. The molecule has 118 valence electrons. The molecule has 0 atom stereocenters. The third-order valence-corrected chi connectivity index (χ3v) is 5.35. The first-order valence-corrected chi connectivity index (χ1v) is 8.82. The highest BCUT2D eigenvalue weighted by Crippen LogP contribution is 2.27. The maximum Gasteiger partial charge on any atom is 0.240 e. The van der Waals surface area contributed by atoms with Crippen LogP contribution in [-0.2, 0) is 10.0 Å². The molecule has 0 amide bonds. The molecule has 3 N–H and O–H groups in total. The highest BCUT2D eigenvalue weighted by molar-refractivity contribution is 7.89. The number of anilines is 2. The van der Waals surface area contributed by atoms with Gasteiger partial charge in [0.1, 0.15) is 0 Å². The van der Waals surface area contributed by atoms with E-state index < -0.39 is 10.0 Å². The fourth-order valence-electron chi connectivity index (χ4n) is 2.54. The van der Waals surface area contributed by atoms with Crippen molar-refractivity contribution in [1.29, 1.82) is 0 Å². The predicted octanol–water partition coefficient (Wildman–Crippen LogP) is 0.709. The zero-order chi connectivity index (χ0) is 15.5. The zero-order valence-corrected chi connectivity index (χ0v) is 13.5. The van der Waals surface area contributed by atoms with Gasteiger partial charge in [-0.25, -0.2) is 13.1 Å². The minimum Gasteiger partial charge on any atom is -0.397 e. The van der Waals surface area contributed by atoms with Crippen LogP contribution in [0.2, 0.25) is 0 Å². The van der Waals surface area contributed by atoms with Crippen LogP contribution in [0.3, 0.4) is 0 Å². The largest absolute Gasteiger partial charge is 0.397 e. The van der Waals surface area contributed by atoms with Crippen LogP contribution in [0.15, 0.2) is 23.1 Å². The standard InChI is InChI=1S/C14H24N4O2S/c1-3-16-21(19,20)12-5-6-13(15)14(11-12)18-9-7-17(4-2)8-10-18/h5-6,11,16H,3-4,7-10,15H2,1-2H3. The number of nitrogens with two attached hydrogens (primary N) is 1. The molecule has 0 aliphatic carbocycles. The number of likely N-dealkylation sites (N-methyl/N-ethyl adjacent to an activating group) is 1. The Kier molecular flexibility index (Phi) is 5.08. The molecule has 6 nitrogen and oxygen atoms in total. The lowest BCUT2D eigenvalue weighted by molar-refractivity contribution is 0.271. The number of nitrogens with zero attached hydrogens (tertiary/aromatic N) is 2. The fraction of sp³-hybridized carbons (Fsp3) is 0.571. The van der Waals surface area contributed by atoms with Crippen LogP contribution in [0.25, 0.3) is 0 Å². The molecule has 0 unspecified atom stereocenters. The summed E-state index contributed by atoms with van der Waals surface area (Å²) in [7, 11) is -3.45. The Balaban J connectivity index is 2.24. The van der Waals surface area contributed by atoms with Crippen molar-refractivity contribution in [3.8, 4) is 0 Å². The maximum atomic E-state index is 12.1. The molecule has 1 saturated heterocycles. The normalized spacial score (nSPS) is 17.1. The third-order valence-electron chi connectivity index (χ3n) is 3.81. The first-order valence-electron chi connectivity index (χ1n) is 7.34. The van der Waals surface area contributed by atoms with Crippen LogP contribution >= 0.6 is 0 Å². The number of piperazine rings is 1. The van der Waals surface area contributed by atoms with Crippen molar-refractivity contribution in [3.05, 3.63) is 18.2 Å². The average molecular weight is 312 g/mol. The number of nitrogen functional groups attached to an aromatic ring is 1. The second-order valence-electron chi connectivity index (χ2n) is 5.14. The van der Waals surface area contributed by atoms with E-state index in [9.17, 15) is 8.42 Å². The van der Waals surface area contributed by atoms with E-state index in [-0.39, 0.29) is 4.90 Å². The lowest BCUT2D eigenvalue weighted by Gasteiger charge is -2.36.